The fourth-order valence-electron chi connectivity index (χ4n) is 2.85. The molecule has 0 fully saturated rings. The summed E-state index contributed by atoms with van der Waals surface area (Å²) in [5, 5.41) is 0.231. The van der Waals surface area contributed by atoms with Gasteiger partial charge in [-0.05, 0) is 47.5 Å². The molecule has 0 spiro atoms. The number of hydrogen-bond donors (Lipinski definition) is 2. The number of carbonyl (C=O) groups is 2. The standard InChI is InChI=1S/C22H19N3O5/c1-13(26)30-17-8-6-14(7-9-17)12-19-21(28)24-18(22(29)25(19)2)11-15-4-3-5-16(10-15)20(23)27/h3-12H,1-2H3,(H2,23,27)(H,24,28)/b18-11-,19-12-. The highest BCUT2D eigenvalue weighted by molar-refractivity contribution is 5.93. The Hall–Kier alpha value is -4.20. The minimum absolute atomic E-state index is 0.0754. The molecule has 1 aromatic heterocycles. The second-order valence-electron chi connectivity index (χ2n) is 6.56. The van der Waals surface area contributed by atoms with Crippen LogP contribution in [0.15, 0.2) is 58.1 Å². The van der Waals surface area contributed by atoms with Crippen LogP contribution in [0.2, 0.25) is 0 Å². The first-order valence-electron chi connectivity index (χ1n) is 8.96. The number of carbonyl (C=O) groups excluding carboxylic acids is 2. The number of nitrogens with one attached hydrogen (secondary N) is 1. The topological polar surface area (TPSA) is 124 Å². The molecule has 0 radical (unpaired) electrons. The summed E-state index contributed by atoms with van der Waals surface area (Å²) < 4.78 is 6.21. The summed E-state index contributed by atoms with van der Waals surface area (Å²) >= 11 is 0. The third-order valence-electron chi connectivity index (χ3n) is 4.30. The number of rotatable bonds is 4. The number of amides is 1. The number of benzene rings is 2. The lowest BCUT2D eigenvalue weighted by molar-refractivity contribution is -0.131. The Labute approximate surface area is 170 Å². The molecule has 8 heteroatoms. The lowest BCUT2D eigenvalue weighted by Gasteiger charge is -2.02. The monoisotopic (exact) mass is 405 g/mol. The normalized spacial score (nSPS) is 12.1. The van der Waals surface area contributed by atoms with E-state index in [1.165, 1.54) is 30.7 Å². The Morgan fingerprint density at radius 2 is 1.73 bits per heavy atom. The molecule has 3 rings (SSSR count). The molecule has 0 aliphatic heterocycles. The van der Waals surface area contributed by atoms with E-state index >= 15 is 0 Å². The molecule has 152 valence electrons. The smallest absolute Gasteiger partial charge is 0.308 e. The van der Waals surface area contributed by atoms with E-state index in [0.717, 1.165) is 0 Å². The minimum Gasteiger partial charge on any atom is -0.427 e. The molecular formula is C22H19N3O5. The van der Waals surface area contributed by atoms with Gasteiger partial charge in [0.15, 0.2) is 0 Å². The van der Waals surface area contributed by atoms with Gasteiger partial charge < -0.3 is 20.0 Å². The highest BCUT2D eigenvalue weighted by atomic mass is 16.5. The molecule has 0 atom stereocenters. The van der Waals surface area contributed by atoms with E-state index in [9.17, 15) is 19.2 Å². The SMILES string of the molecule is CC(=O)Oc1ccc(/C=c2/c(=O)[nH]/c(=C\c3cccc(C(N)=O)c3)c(=O)n2C)cc1. The molecule has 1 heterocycles. The summed E-state index contributed by atoms with van der Waals surface area (Å²) in [6.45, 7) is 1.30. The number of primary amides is 1. The summed E-state index contributed by atoms with van der Waals surface area (Å²) in [4.78, 5) is 50.2. The zero-order valence-corrected chi connectivity index (χ0v) is 16.3. The molecule has 0 bridgehead atoms. The second-order valence-corrected chi connectivity index (χ2v) is 6.56. The van der Waals surface area contributed by atoms with Gasteiger partial charge in [0.2, 0.25) is 5.91 Å². The highest BCUT2D eigenvalue weighted by Crippen LogP contribution is 2.12. The number of nitrogens with zero attached hydrogens (tertiary/aromatic N) is 1. The number of nitrogens with two attached hydrogens (primary N) is 1. The Morgan fingerprint density at radius 3 is 2.37 bits per heavy atom. The first-order valence-corrected chi connectivity index (χ1v) is 8.96. The first kappa shape index (κ1) is 20.5. The van der Waals surface area contributed by atoms with Crippen LogP contribution in [-0.4, -0.2) is 21.4 Å². The Bertz CT molecular complexity index is 1370. The second kappa shape index (κ2) is 8.44. The summed E-state index contributed by atoms with van der Waals surface area (Å²) in [5.41, 5.74) is 5.90. The number of H-pyrrole nitrogens is 1. The van der Waals surface area contributed by atoms with E-state index in [1.54, 1.807) is 48.5 Å². The van der Waals surface area contributed by atoms with Crippen molar-refractivity contribution in [3.63, 3.8) is 0 Å². The third kappa shape index (κ3) is 4.61. The van der Waals surface area contributed by atoms with E-state index < -0.39 is 23.0 Å². The zero-order valence-electron chi connectivity index (χ0n) is 16.3. The van der Waals surface area contributed by atoms with E-state index in [2.05, 4.69) is 4.98 Å². The van der Waals surface area contributed by atoms with Crippen molar-refractivity contribution >= 4 is 24.0 Å². The quantitative estimate of drug-likeness (QED) is 0.458. The van der Waals surface area contributed by atoms with Gasteiger partial charge in [0.1, 0.15) is 16.4 Å². The van der Waals surface area contributed by atoms with Crippen LogP contribution in [0.3, 0.4) is 0 Å². The Balaban J connectivity index is 2.07. The fourth-order valence-corrected chi connectivity index (χ4v) is 2.85. The molecule has 8 nitrogen and oxygen atoms in total. The van der Waals surface area contributed by atoms with Crippen molar-refractivity contribution in [2.24, 2.45) is 12.8 Å². The highest BCUT2D eigenvalue weighted by Gasteiger charge is 2.04. The van der Waals surface area contributed by atoms with Crippen molar-refractivity contribution in [1.82, 2.24) is 9.55 Å². The summed E-state index contributed by atoms with van der Waals surface area (Å²) in [5.74, 6) is -0.638. The molecule has 1 amide bonds. The van der Waals surface area contributed by atoms with Gasteiger partial charge in [-0.2, -0.15) is 0 Å². The van der Waals surface area contributed by atoms with Gasteiger partial charge in [0, 0.05) is 19.5 Å². The lowest BCUT2D eigenvalue weighted by atomic mass is 10.1. The van der Waals surface area contributed by atoms with Crippen molar-refractivity contribution in [1.29, 1.82) is 0 Å². The lowest BCUT2D eigenvalue weighted by Crippen LogP contribution is -2.52. The maximum Gasteiger partial charge on any atom is 0.308 e. The van der Waals surface area contributed by atoms with Crippen LogP contribution < -0.4 is 32.3 Å². The van der Waals surface area contributed by atoms with Crippen molar-refractivity contribution in [2.75, 3.05) is 0 Å². The van der Waals surface area contributed by atoms with Crippen LogP contribution >= 0.6 is 0 Å². The molecule has 2 aromatic carbocycles. The third-order valence-corrected chi connectivity index (χ3v) is 4.30. The van der Waals surface area contributed by atoms with Gasteiger partial charge in [-0.1, -0.05) is 24.3 Å². The minimum atomic E-state index is -0.587. The van der Waals surface area contributed by atoms with Crippen molar-refractivity contribution in [3.8, 4) is 5.75 Å². The molecular weight excluding hydrogens is 386 g/mol. The number of hydrogen-bond acceptors (Lipinski definition) is 5. The number of aromatic nitrogens is 2. The van der Waals surface area contributed by atoms with Crippen LogP contribution in [0.5, 0.6) is 5.75 Å². The van der Waals surface area contributed by atoms with E-state index in [0.29, 0.717) is 22.4 Å². The van der Waals surface area contributed by atoms with Crippen LogP contribution in [0.25, 0.3) is 12.2 Å². The summed E-state index contributed by atoms with van der Waals surface area (Å²) in [6.07, 6.45) is 3.03. The van der Waals surface area contributed by atoms with Gasteiger partial charge in [-0.25, -0.2) is 0 Å². The van der Waals surface area contributed by atoms with Crippen LogP contribution in [-0.2, 0) is 11.8 Å². The Kier molecular flexibility index (Phi) is 5.78. The van der Waals surface area contributed by atoms with Gasteiger partial charge in [0.25, 0.3) is 11.1 Å². The molecule has 0 unspecified atom stereocenters. The molecule has 0 saturated carbocycles. The van der Waals surface area contributed by atoms with E-state index in [4.69, 9.17) is 10.5 Å². The molecule has 0 aliphatic carbocycles. The maximum atomic E-state index is 12.7. The van der Waals surface area contributed by atoms with Crippen LogP contribution in [0.1, 0.15) is 28.4 Å². The predicted molar refractivity (Wildman–Crippen MR) is 111 cm³/mol. The maximum absolute atomic E-state index is 12.7. The predicted octanol–water partition coefficient (Wildman–Crippen LogP) is -0.245. The summed E-state index contributed by atoms with van der Waals surface area (Å²) in [6, 6.07) is 12.9. The summed E-state index contributed by atoms with van der Waals surface area (Å²) in [7, 11) is 1.49. The molecule has 3 aromatic rings. The average molecular weight is 405 g/mol. The van der Waals surface area contributed by atoms with Crippen LogP contribution in [0.4, 0.5) is 0 Å². The largest absolute Gasteiger partial charge is 0.427 e. The van der Waals surface area contributed by atoms with Gasteiger partial charge in [0.05, 0.1) is 0 Å². The van der Waals surface area contributed by atoms with Crippen LogP contribution in [0, 0.1) is 0 Å². The average Bonchev–Trinajstić information content (AvgIpc) is 2.70. The van der Waals surface area contributed by atoms with E-state index in [1.807, 2.05) is 0 Å². The molecule has 0 aliphatic rings. The van der Waals surface area contributed by atoms with Gasteiger partial charge in [-0.3, -0.25) is 19.2 Å². The number of ether oxygens (including phenoxy) is 1. The molecule has 30 heavy (non-hydrogen) atoms. The van der Waals surface area contributed by atoms with Crippen molar-refractivity contribution < 1.29 is 14.3 Å². The van der Waals surface area contributed by atoms with Crippen molar-refractivity contribution in [2.45, 2.75) is 6.92 Å². The zero-order chi connectivity index (χ0) is 21.8. The number of aromatic amines is 1. The van der Waals surface area contributed by atoms with Crippen molar-refractivity contribution in [3.05, 3.63) is 96.6 Å². The Morgan fingerprint density at radius 1 is 1.03 bits per heavy atom. The molecule has 3 N–H and O–H groups in total. The number of esters is 1. The fraction of sp³-hybridized carbons (Fsp3) is 0.0909. The van der Waals surface area contributed by atoms with Gasteiger partial charge in [-0.15, -0.1) is 0 Å². The molecule has 0 saturated heterocycles. The first-order chi connectivity index (χ1) is 14.2. The van der Waals surface area contributed by atoms with E-state index in [-0.39, 0.29) is 10.7 Å². The van der Waals surface area contributed by atoms with Gasteiger partial charge >= 0.3 is 5.97 Å².